The van der Waals surface area contributed by atoms with Crippen molar-refractivity contribution in [1.29, 1.82) is 0 Å². The van der Waals surface area contributed by atoms with Crippen molar-refractivity contribution in [3.8, 4) is 0 Å². The zero-order chi connectivity index (χ0) is 13.7. The van der Waals surface area contributed by atoms with E-state index in [4.69, 9.17) is 10.5 Å². The van der Waals surface area contributed by atoms with Crippen LogP contribution in [0, 0.1) is 0 Å². The molecule has 0 radical (unpaired) electrons. The lowest BCUT2D eigenvalue weighted by Crippen LogP contribution is -2.36. The Labute approximate surface area is 116 Å². The average molecular weight is 262 g/mol. The van der Waals surface area contributed by atoms with Crippen molar-refractivity contribution in [2.45, 2.75) is 38.3 Å². The second kappa shape index (κ2) is 7.04. The van der Waals surface area contributed by atoms with Crippen LogP contribution in [0.2, 0.25) is 0 Å². The highest BCUT2D eigenvalue weighted by Crippen LogP contribution is 2.22. The smallest absolute Gasteiger partial charge is 0.0702 e. The minimum atomic E-state index is 0.287. The number of hydrogen-bond donors (Lipinski definition) is 1. The molecule has 0 bridgehead atoms. The fourth-order valence-corrected chi connectivity index (χ4v) is 2.78. The number of nitrogens with zero attached hydrogens (tertiary/aromatic N) is 1. The quantitative estimate of drug-likeness (QED) is 0.855. The molecule has 1 heterocycles. The Morgan fingerprint density at radius 1 is 1.37 bits per heavy atom. The first-order valence-corrected chi connectivity index (χ1v) is 7.35. The molecule has 0 saturated carbocycles. The highest BCUT2D eigenvalue weighted by Gasteiger charge is 2.22. The molecule has 3 nitrogen and oxygen atoms in total. The maximum atomic E-state index is 5.97. The van der Waals surface area contributed by atoms with Crippen LogP contribution in [0.5, 0.6) is 0 Å². The van der Waals surface area contributed by atoms with Gasteiger partial charge in [0, 0.05) is 25.7 Å². The summed E-state index contributed by atoms with van der Waals surface area (Å²) in [5, 5.41) is 0. The fourth-order valence-electron chi connectivity index (χ4n) is 2.78. The van der Waals surface area contributed by atoms with Gasteiger partial charge in [0.05, 0.1) is 6.10 Å². The number of nitrogens with two attached hydrogens (primary N) is 1. The second-order valence-electron chi connectivity index (χ2n) is 5.42. The number of ether oxygens (including phenoxy) is 1. The molecule has 2 unspecified atom stereocenters. The van der Waals surface area contributed by atoms with E-state index in [0.29, 0.717) is 12.6 Å². The Hall–Kier alpha value is -0.900. The summed E-state index contributed by atoms with van der Waals surface area (Å²) >= 11 is 0. The van der Waals surface area contributed by atoms with E-state index in [-0.39, 0.29) is 6.04 Å². The fraction of sp³-hybridized carbons (Fsp3) is 0.625. The van der Waals surface area contributed by atoms with Crippen LogP contribution in [0.4, 0.5) is 0 Å². The van der Waals surface area contributed by atoms with Crippen LogP contribution >= 0.6 is 0 Å². The van der Waals surface area contributed by atoms with Gasteiger partial charge in [-0.3, -0.25) is 4.90 Å². The van der Waals surface area contributed by atoms with Crippen LogP contribution < -0.4 is 5.73 Å². The molecule has 106 valence electrons. The molecule has 1 aromatic carbocycles. The van der Waals surface area contributed by atoms with E-state index in [0.717, 1.165) is 19.6 Å². The Bertz CT molecular complexity index is 371. The summed E-state index contributed by atoms with van der Waals surface area (Å²) in [6, 6.07) is 9.12. The van der Waals surface area contributed by atoms with Crippen LogP contribution in [-0.2, 0) is 11.2 Å². The minimum Gasteiger partial charge on any atom is -0.377 e. The molecule has 1 fully saturated rings. The summed E-state index contributed by atoms with van der Waals surface area (Å²) < 4.78 is 5.71. The molecular weight excluding hydrogens is 236 g/mol. The summed E-state index contributed by atoms with van der Waals surface area (Å²) in [6.07, 6.45) is 3.83. The molecule has 0 amide bonds. The number of likely N-dealkylation sites (N-methyl/N-ethyl adjacent to an activating group) is 1. The van der Waals surface area contributed by atoms with Gasteiger partial charge >= 0.3 is 0 Å². The Kier molecular flexibility index (Phi) is 5.37. The van der Waals surface area contributed by atoms with Crippen LogP contribution in [0.25, 0.3) is 0 Å². The predicted octanol–water partition coefficient (Wildman–Crippen LogP) is 2.36. The molecule has 0 aliphatic carbocycles. The first-order valence-electron chi connectivity index (χ1n) is 7.35. The van der Waals surface area contributed by atoms with E-state index < -0.39 is 0 Å². The monoisotopic (exact) mass is 262 g/mol. The van der Waals surface area contributed by atoms with Gasteiger partial charge in [-0.25, -0.2) is 0 Å². The first kappa shape index (κ1) is 14.5. The maximum absolute atomic E-state index is 5.97. The molecule has 0 spiro atoms. The summed E-state index contributed by atoms with van der Waals surface area (Å²) in [4.78, 5) is 2.33. The topological polar surface area (TPSA) is 38.5 Å². The molecule has 0 aromatic heterocycles. The standard InChI is InChI=1S/C16H26N2O/c1-3-13-6-8-14(9-7-13)16(11-17)18(2)12-15-5-4-10-19-15/h6-9,15-16H,3-5,10-12,17H2,1-2H3. The molecule has 2 N–H and O–H groups in total. The first-order chi connectivity index (χ1) is 9.24. The third-order valence-corrected chi connectivity index (χ3v) is 4.04. The maximum Gasteiger partial charge on any atom is 0.0702 e. The van der Waals surface area contributed by atoms with Gasteiger partial charge in [-0.15, -0.1) is 0 Å². The Morgan fingerprint density at radius 2 is 2.11 bits per heavy atom. The predicted molar refractivity (Wildman–Crippen MR) is 79.2 cm³/mol. The van der Waals surface area contributed by atoms with E-state index in [1.807, 2.05) is 0 Å². The summed E-state index contributed by atoms with van der Waals surface area (Å²) in [5.74, 6) is 0. The molecule has 1 aliphatic rings. The number of hydrogen-bond acceptors (Lipinski definition) is 3. The number of aryl methyl sites for hydroxylation is 1. The van der Waals surface area contributed by atoms with E-state index in [2.05, 4.69) is 43.1 Å². The van der Waals surface area contributed by atoms with Gasteiger partial charge < -0.3 is 10.5 Å². The number of rotatable bonds is 6. The molecule has 1 aromatic rings. The van der Waals surface area contributed by atoms with Gasteiger partial charge in [0.2, 0.25) is 0 Å². The van der Waals surface area contributed by atoms with Crippen molar-refractivity contribution < 1.29 is 4.74 Å². The average Bonchev–Trinajstić information content (AvgIpc) is 2.93. The van der Waals surface area contributed by atoms with E-state index in [9.17, 15) is 0 Å². The van der Waals surface area contributed by atoms with Gasteiger partial charge in [-0.1, -0.05) is 31.2 Å². The van der Waals surface area contributed by atoms with E-state index in [1.54, 1.807) is 0 Å². The van der Waals surface area contributed by atoms with Crippen molar-refractivity contribution >= 4 is 0 Å². The van der Waals surface area contributed by atoms with Crippen molar-refractivity contribution in [2.75, 3.05) is 26.7 Å². The highest BCUT2D eigenvalue weighted by atomic mass is 16.5. The molecular formula is C16H26N2O. The molecule has 1 aliphatic heterocycles. The van der Waals surface area contributed by atoms with Crippen molar-refractivity contribution in [2.24, 2.45) is 5.73 Å². The number of benzene rings is 1. The Morgan fingerprint density at radius 3 is 2.63 bits per heavy atom. The molecule has 19 heavy (non-hydrogen) atoms. The zero-order valence-corrected chi connectivity index (χ0v) is 12.1. The third kappa shape index (κ3) is 3.78. The van der Waals surface area contributed by atoms with Gasteiger partial charge in [0.1, 0.15) is 0 Å². The normalized spacial score (nSPS) is 20.9. The van der Waals surface area contributed by atoms with Gasteiger partial charge in [0.15, 0.2) is 0 Å². The Balaban J connectivity index is 2.00. The van der Waals surface area contributed by atoms with Crippen LogP contribution in [0.3, 0.4) is 0 Å². The van der Waals surface area contributed by atoms with Crippen LogP contribution in [-0.4, -0.2) is 37.7 Å². The van der Waals surface area contributed by atoms with Gasteiger partial charge in [0.25, 0.3) is 0 Å². The molecule has 3 heteroatoms. The SMILES string of the molecule is CCc1ccc(C(CN)N(C)CC2CCCO2)cc1. The lowest BCUT2D eigenvalue weighted by Gasteiger charge is -2.29. The third-order valence-electron chi connectivity index (χ3n) is 4.04. The summed E-state index contributed by atoms with van der Waals surface area (Å²) in [5.41, 5.74) is 8.65. The lowest BCUT2D eigenvalue weighted by molar-refractivity contribution is 0.0689. The molecule has 2 rings (SSSR count). The lowest BCUT2D eigenvalue weighted by atomic mass is 10.0. The van der Waals surface area contributed by atoms with Crippen LogP contribution in [0.15, 0.2) is 24.3 Å². The van der Waals surface area contributed by atoms with Crippen molar-refractivity contribution in [1.82, 2.24) is 4.90 Å². The largest absolute Gasteiger partial charge is 0.377 e. The summed E-state index contributed by atoms with van der Waals surface area (Å²) in [6.45, 7) is 4.71. The minimum absolute atomic E-state index is 0.287. The zero-order valence-electron chi connectivity index (χ0n) is 12.1. The van der Waals surface area contributed by atoms with Crippen molar-refractivity contribution in [3.05, 3.63) is 35.4 Å². The van der Waals surface area contributed by atoms with Crippen LogP contribution in [0.1, 0.15) is 36.9 Å². The molecule has 2 atom stereocenters. The van der Waals surface area contributed by atoms with E-state index in [1.165, 1.54) is 24.0 Å². The van der Waals surface area contributed by atoms with Crippen molar-refractivity contribution in [3.63, 3.8) is 0 Å². The van der Waals surface area contributed by atoms with E-state index >= 15 is 0 Å². The highest BCUT2D eigenvalue weighted by molar-refractivity contribution is 5.25. The molecule has 1 saturated heterocycles. The summed E-state index contributed by atoms with van der Waals surface area (Å²) in [7, 11) is 2.15. The van der Waals surface area contributed by atoms with Gasteiger partial charge in [-0.2, -0.15) is 0 Å². The second-order valence-corrected chi connectivity index (χ2v) is 5.42. The van der Waals surface area contributed by atoms with Gasteiger partial charge in [-0.05, 0) is 37.4 Å².